The molecule has 1 N–H and O–H groups in total. The standard InChI is InChI=1S/C14H19FN2O2/c1-9-6-12(4-5-13(9)15)16-7-10(2)17(14(18)19)11(3)8-16/h4-6,10-11H,7-8H2,1-3H3,(H,18,19)/t10-,11+. The van der Waals surface area contributed by atoms with Crippen molar-refractivity contribution >= 4 is 11.8 Å². The van der Waals surface area contributed by atoms with Crippen LogP contribution in [-0.2, 0) is 0 Å². The van der Waals surface area contributed by atoms with E-state index in [2.05, 4.69) is 4.90 Å². The SMILES string of the molecule is Cc1cc(N2C[C@@H](C)N(C(=O)O)[C@@H](C)C2)ccc1F. The maximum atomic E-state index is 13.3. The number of hydrogen-bond acceptors (Lipinski definition) is 2. The van der Waals surface area contributed by atoms with Crippen LogP contribution in [0.4, 0.5) is 14.9 Å². The summed E-state index contributed by atoms with van der Waals surface area (Å²) in [4.78, 5) is 14.8. The van der Waals surface area contributed by atoms with Gasteiger partial charge >= 0.3 is 6.09 Å². The highest BCUT2D eigenvalue weighted by Crippen LogP contribution is 2.24. The number of carbonyl (C=O) groups is 1. The first kappa shape index (κ1) is 13.6. The molecule has 1 aromatic carbocycles. The molecule has 19 heavy (non-hydrogen) atoms. The lowest BCUT2D eigenvalue weighted by Crippen LogP contribution is -2.58. The van der Waals surface area contributed by atoms with Crippen LogP contribution in [0.25, 0.3) is 0 Å². The molecule has 4 nitrogen and oxygen atoms in total. The van der Waals surface area contributed by atoms with Gasteiger partial charge in [-0.25, -0.2) is 9.18 Å². The van der Waals surface area contributed by atoms with Crippen LogP contribution in [0.15, 0.2) is 18.2 Å². The lowest BCUT2D eigenvalue weighted by Gasteiger charge is -2.44. The minimum absolute atomic E-state index is 0.0772. The molecule has 0 unspecified atom stereocenters. The normalized spacial score (nSPS) is 23.6. The quantitative estimate of drug-likeness (QED) is 0.850. The molecule has 0 aromatic heterocycles. The van der Waals surface area contributed by atoms with E-state index in [-0.39, 0.29) is 17.9 Å². The molecule has 0 bridgehead atoms. The second kappa shape index (κ2) is 5.07. The second-order valence-electron chi connectivity index (χ2n) is 5.23. The second-order valence-corrected chi connectivity index (χ2v) is 5.23. The summed E-state index contributed by atoms with van der Waals surface area (Å²) < 4.78 is 13.3. The van der Waals surface area contributed by atoms with Crippen molar-refractivity contribution in [3.05, 3.63) is 29.6 Å². The van der Waals surface area contributed by atoms with Crippen LogP contribution in [0.5, 0.6) is 0 Å². The number of carboxylic acid groups (broad SMARTS) is 1. The molecule has 0 spiro atoms. The topological polar surface area (TPSA) is 43.8 Å². The molecular weight excluding hydrogens is 247 g/mol. The van der Waals surface area contributed by atoms with Crippen molar-refractivity contribution in [1.29, 1.82) is 0 Å². The summed E-state index contributed by atoms with van der Waals surface area (Å²) >= 11 is 0. The summed E-state index contributed by atoms with van der Waals surface area (Å²) in [6.45, 7) is 6.78. The number of halogens is 1. The van der Waals surface area contributed by atoms with Gasteiger partial charge in [0.25, 0.3) is 0 Å². The van der Waals surface area contributed by atoms with Crippen LogP contribution in [0.1, 0.15) is 19.4 Å². The molecule has 1 aliphatic rings. The molecule has 1 saturated heterocycles. The Labute approximate surface area is 112 Å². The van der Waals surface area contributed by atoms with E-state index in [1.807, 2.05) is 19.9 Å². The average Bonchev–Trinajstić information content (AvgIpc) is 2.31. The van der Waals surface area contributed by atoms with Gasteiger partial charge in [0, 0.05) is 18.8 Å². The molecule has 1 heterocycles. The van der Waals surface area contributed by atoms with E-state index in [0.717, 1.165) is 5.69 Å². The minimum atomic E-state index is -0.880. The van der Waals surface area contributed by atoms with Crippen molar-refractivity contribution in [3.63, 3.8) is 0 Å². The minimum Gasteiger partial charge on any atom is -0.465 e. The monoisotopic (exact) mass is 266 g/mol. The number of rotatable bonds is 1. The zero-order valence-corrected chi connectivity index (χ0v) is 11.4. The summed E-state index contributed by atoms with van der Waals surface area (Å²) in [6.07, 6.45) is -0.880. The number of anilines is 1. The van der Waals surface area contributed by atoms with Gasteiger partial charge in [0.1, 0.15) is 5.82 Å². The fourth-order valence-corrected chi connectivity index (χ4v) is 2.74. The highest BCUT2D eigenvalue weighted by atomic mass is 19.1. The number of nitrogens with zero attached hydrogens (tertiary/aromatic N) is 2. The van der Waals surface area contributed by atoms with E-state index in [9.17, 15) is 14.3 Å². The van der Waals surface area contributed by atoms with Crippen LogP contribution in [0, 0.1) is 12.7 Å². The van der Waals surface area contributed by atoms with Crippen LogP contribution < -0.4 is 4.90 Å². The Morgan fingerprint density at radius 1 is 1.32 bits per heavy atom. The first-order valence-electron chi connectivity index (χ1n) is 6.42. The Bertz CT molecular complexity index is 480. The zero-order valence-electron chi connectivity index (χ0n) is 11.4. The summed E-state index contributed by atoms with van der Waals surface area (Å²) in [7, 11) is 0. The van der Waals surface area contributed by atoms with Crippen molar-refractivity contribution in [3.8, 4) is 0 Å². The molecule has 0 aliphatic carbocycles. The average molecular weight is 266 g/mol. The van der Waals surface area contributed by atoms with Crippen LogP contribution >= 0.6 is 0 Å². The Morgan fingerprint density at radius 3 is 2.37 bits per heavy atom. The smallest absolute Gasteiger partial charge is 0.407 e. The highest BCUT2D eigenvalue weighted by molar-refractivity contribution is 5.66. The van der Waals surface area contributed by atoms with Gasteiger partial charge in [0.15, 0.2) is 0 Å². The molecule has 2 atom stereocenters. The van der Waals surface area contributed by atoms with E-state index >= 15 is 0 Å². The van der Waals surface area contributed by atoms with E-state index < -0.39 is 6.09 Å². The molecule has 1 fully saturated rings. The van der Waals surface area contributed by atoms with E-state index in [1.54, 1.807) is 13.0 Å². The molecule has 104 valence electrons. The Morgan fingerprint density at radius 2 is 1.89 bits per heavy atom. The number of amides is 1. The largest absolute Gasteiger partial charge is 0.465 e. The van der Waals surface area contributed by atoms with Crippen molar-refractivity contribution in [1.82, 2.24) is 4.90 Å². The lowest BCUT2D eigenvalue weighted by atomic mass is 10.1. The molecule has 0 radical (unpaired) electrons. The molecular formula is C14H19FN2O2. The van der Waals surface area contributed by atoms with Gasteiger partial charge in [-0.05, 0) is 44.5 Å². The number of hydrogen-bond donors (Lipinski definition) is 1. The third kappa shape index (κ3) is 2.64. The zero-order chi connectivity index (χ0) is 14.2. The van der Waals surface area contributed by atoms with Crippen LogP contribution in [-0.4, -0.2) is 41.3 Å². The van der Waals surface area contributed by atoms with Crippen molar-refractivity contribution in [2.24, 2.45) is 0 Å². The summed E-state index contributed by atoms with van der Waals surface area (Å²) in [6, 6.07) is 4.87. The summed E-state index contributed by atoms with van der Waals surface area (Å²) in [5, 5.41) is 9.17. The summed E-state index contributed by atoms with van der Waals surface area (Å²) in [5.41, 5.74) is 1.56. The fraction of sp³-hybridized carbons (Fsp3) is 0.500. The Kier molecular flexibility index (Phi) is 3.64. The molecule has 1 amide bonds. The van der Waals surface area contributed by atoms with E-state index in [0.29, 0.717) is 18.7 Å². The van der Waals surface area contributed by atoms with Gasteiger partial charge in [-0.1, -0.05) is 0 Å². The van der Waals surface area contributed by atoms with Crippen molar-refractivity contribution in [2.75, 3.05) is 18.0 Å². The predicted octanol–water partition coefficient (Wildman–Crippen LogP) is 2.71. The van der Waals surface area contributed by atoms with Crippen LogP contribution in [0.3, 0.4) is 0 Å². The maximum Gasteiger partial charge on any atom is 0.407 e. The summed E-state index contributed by atoms with van der Waals surface area (Å²) in [5.74, 6) is -0.214. The third-order valence-corrected chi connectivity index (χ3v) is 3.65. The molecule has 1 aliphatic heterocycles. The number of piperazine rings is 1. The molecule has 0 saturated carbocycles. The van der Waals surface area contributed by atoms with E-state index in [1.165, 1.54) is 11.0 Å². The Balaban J connectivity index is 2.20. The highest BCUT2D eigenvalue weighted by Gasteiger charge is 2.32. The third-order valence-electron chi connectivity index (χ3n) is 3.65. The number of benzene rings is 1. The van der Waals surface area contributed by atoms with Gasteiger partial charge in [0.05, 0.1) is 12.1 Å². The van der Waals surface area contributed by atoms with Crippen LogP contribution in [0.2, 0.25) is 0 Å². The van der Waals surface area contributed by atoms with Gasteiger partial charge in [0.2, 0.25) is 0 Å². The first-order chi connectivity index (χ1) is 8.90. The molecule has 5 heteroatoms. The fourth-order valence-electron chi connectivity index (χ4n) is 2.74. The molecule has 1 aromatic rings. The molecule has 2 rings (SSSR count). The van der Waals surface area contributed by atoms with E-state index in [4.69, 9.17) is 0 Å². The first-order valence-corrected chi connectivity index (χ1v) is 6.42. The van der Waals surface area contributed by atoms with Crippen molar-refractivity contribution < 1.29 is 14.3 Å². The van der Waals surface area contributed by atoms with Gasteiger partial charge in [-0.2, -0.15) is 0 Å². The predicted molar refractivity (Wildman–Crippen MR) is 72.1 cm³/mol. The van der Waals surface area contributed by atoms with Crippen molar-refractivity contribution in [2.45, 2.75) is 32.9 Å². The maximum absolute atomic E-state index is 13.3. The van der Waals surface area contributed by atoms with Gasteiger partial charge in [-0.3, -0.25) is 4.90 Å². The Hall–Kier alpha value is -1.78. The number of aryl methyl sites for hydroxylation is 1. The van der Waals surface area contributed by atoms with Gasteiger partial charge in [-0.15, -0.1) is 0 Å². The lowest BCUT2D eigenvalue weighted by molar-refractivity contribution is 0.0983. The van der Waals surface area contributed by atoms with Gasteiger partial charge < -0.3 is 10.0 Å².